The van der Waals surface area contributed by atoms with Gasteiger partial charge >= 0.3 is 11.9 Å². The molecule has 0 radical (unpaired) electrons. The van der Waals surface area contributed by atoms with Crippen LogP contribution in [0.4, 0.5) is 0 Å². The van der Waals surface area contributed by atoms with Crippen molar-refractivity contribution in [1.29, 1.82) is 0 Å². The van der Waals surface area contributed by atoms with Gasteiger partial charge in [0.2, 0.25) is 0 Å². The minimum atomic E-state index is -0.841. The number of methoxy groups -OCH3 is 1. The molecule has 1 atom stereocenters. The van der Waals surface area contributed by atoms with Crippen LogP contribution in [0.3, 0.4) is 0 Å². The molecule has 0 saturated carbocycles. The van der Waals surface area contributed by atoms with Gasteiger partial charge in [-0.2, -0.15) is 0 Å². The lowest BCUT2D eigenvalue weighted by atomic mass is 9.80. The molecule has 0 amide bonds. The first-order chi connectivity index (χ1) is 17.4. The van der Waals surface area contributed by atoms with Gasteiger partial charge in [0.05, 0.1) is 30.8 Å². The summed E-state index contributed by atoms with van der Waals surface area (Å²) in [6, 6.07) is 15.3. The van der Waals surface area contributed by atoms with Crippen LogP contribution < -0.4 is 5.32 Å². The zero-order chi connectivity index (χ0) is 27.3. The summed E-state index contributed by atoms with van der Waals surface area (Å²) in [5, 5.41) is 3.82. The van der Waals surface area contributed by atoms with Crippen LogP contribution in [0.2, 0.25) is 10.0 Å². The van der Waals surface area contributed by atoms with Gasteiger partial charge in [0.1, 0.15) is 0 Å². The fraction of sp³-hybridized carbons (Fsp3) is 0.379. The second-order valence-electron chi connectivity index (χ2n) is 10.2. The van der Waals surface area contributed by atoms with Gasteiger partial charge in [-0.05, 0) is 38.6 Å². The molecule has 2 aromatic rings. The molecule has 0 aromatic heterocycles. The highest BCUT2D eigenvalue weighted by Crippen LogP contribution is 2.44. The van der Waals surface area contributed by atoms with E-state index in [9.17, 15) is 9.59 Å². The van der Waals surface area contributed by atoms with Crippen LogP contribution in [-0.4, -0.2) is 44.1 Å². The van der Waals surface area contributed by atoms with Crippen molar-refractivity contribution in [2.45, 2.75) is 40.2 Å². The number of allylic oxidation sites excluding steroid dienone is 2. The van der Waals surface area contributed by atoms with Gasteiger partial charge in [0.15, 0.2) is 0 Å². The molecule has 2 aromatic carbocycles. The Morgan fingerprint density at radius 3 is 2.08 bits per heavy atom. The summed E-state index contributed by atoms with van der Waals surface area (Å²) in [4.78, 5) is 28.7. The van der Waals surface area contributed by atoms with Crippen molar-refractivity contribution in [2.75, 3.05) is 27.3 Å². The van der Waals surface area contributed by atoms with Crippen LogP contribution in [0.1, 0.15) is 44.7 Å². The maximum absolute atomic E-state index is 13.6. The first-order valence-corrected chi connectivity index (χ1v) is 12.8. The molecule has 8 heteroatoms. The molecular weight excluding hydrogens is 511 g/mol. The molecule has 1 heterocycles. The Morgan fingerprint density at radius 2 is 1.51 bits per heavy atom. The number of hydrogen-bond acceptors (Lipinski definition) is 6. The van der Waals surface area contributed by atoms with Crippen molar-refractivity contribution >= 4 is 35.1 Å². The largest absolute Gasteiger partial charge is 0.466 e. The molecule has 1 N–H and O–H groups in total. The van der Waals surface area contributed by atoms with E-state index >= 15 is 0 Å². The van der Waals surface area contributed by atoms with Gasteiger partial charge in [-0.3, -0.25) is 0 Å². The number of carbonyl (C=O) groups is 2. The molecule has 1 unspecified atom stereocenters. The molecule has 1 aliphatic rings. The summed E-state index contributed by atoms with van der Waals surface area (Å²) in [7, 11) is 3.34. The van der Waals surface area contributed by atoms with E-state index in [1.54, 1.807) is 32.0 Å². The molecule has 0 spiro atoms. The number of rotatable bonds is 9. The second kappa shape index (κ2) is 12.2. The summed E-state index contributed by atoms with van der Waals surface area (Å²) in [5.74, 6) is -1.96. The number of esters is 2. The summed E-state index contributed by atoms with van der Waals surface area (Å²) >= 11 is 13.1. The van der Waals surface area contributed by atoms with Crippen LogP contribution in [-0.2, 0) is 25.6 Å². The summed E-state index contributed by atoms with van der Waals surface area (Å²) in [6.45, 7) is 9.29. The number of benzene rings is 2. The van der Waals surface area contributed by atoms with Crippen LogP contribution in [0.15, 0.2) is 71.1 Å². The van der Waals surface area contributed by atoms with Gasteiger partial charge in [0.25, 0.3) is 0 Å². The van der Waals surface area contributed by atoms with E-state index in [0.29, 0.717) is 33.5 Å². The molecule has 198 valence electrons. The topological polar surface area (TPSA) is 67.9 Å². The summed E-state index contributed by atoms with van der Waals surface area (Å²) in [5.41, 5.74) is 3.00. The van der Waals surface area contributed by atoms with E-state index in [0.717, 1.165) is 6.54 Å². The molecule has 0 fully saturated rings. The molecule has 37 heavy (non-hydrogen) atoms. The lowest BCUT2D eigenvalue weighted by Gasteiger charge is -2.33. The Bertz CT molecular complexity index is 1200. The highest BCUT2D eigenvalue weighted by molar-refractivity contribution is 6.36. The van der Waals surface area contributed by atoms with Crippen molar-refractivity contribution in [3.8, 4) is 0 Å². The molecular formula is C29H34Cl2N2O4. The number of carbonyl (C=O) groups excluding carboxylic acids is 2. The predicted molar refractivity (Wildman–Crippen MR) is 147 cm³/mol. The van der Waals surface area contributed by atoms with E-state index in [-0.39, 0.29) is 23.2 Å². The molecule has 1 aliphatic heterocycles. The number of ether oxygens (including phenoxy) is 2. The Morgan fingerprint density at radius 1 is 0.946 bits per heavy atom. The number of nitrogens with one attached hydrogen (secondary N) is 1. The number of hydrogen-bond donors (Lipinski definition) is 1. The molecule has 3 rings (SSSR count). The van der Waals surface area contributed by atoms with Gasteiger partial charge in [-0.25, -0.2) is 9.59 Å². The fourth-order valence-corrected chi connectivity index (χ4v) is 5.40. The van der Waals surface area contributed by atoms with Crippen LogP contribution in [0.5, 0.6) is 0 Å². The minimum Gasteiger partial charge on any atom is -0.466 e. The smallest absolute Gasteiger partial charge is 0.336 e. The first-order valence-electron chi connectivity index (χ1n) is 12.1. The van der Waals surface area contributed by atoms with Gasteiger partial charge in [-0.1, -0.05) is 73.4 Å². The first kappa shape index (κ1) is 28.8. The second-order valence-corrected chi connectivity index (χ2v) is 11.0. The molecule has 6 nitrogen and oxygen atoms in total. The highest BCUT2D eigenvalue weighted by Gasteiger charge is 2.40. The quantitative estimate of drug-likeness (QED) is 0.384. The average Bonchev–Trinajstić information content (AvgIpc) is 2.82. The Kier molecular flexibility index (Phi) is 9.46. The van der Waals surface area contributed by atoms with Crippen molar-refractivity contribution in [2.24, 2.45) is 5.41 Å². The maximum atomic E-state index is 13.6. The van der Waals surface area contributed by atoms with Crippen LogP contribution in [0, 0.1) is 5.41 Å². The minimum absolute atomic E-state index is 0.182. The normalized spacial score (nSPS) is 16.1. The summed E-state index contributed by atoms with van der Waals surface area (Å²) < 4.78 is 10.9. The zero-order valence-corrected chi connectivity index (χ0v) is 23.7. The van der Waals surface area contributed by atoms with Crippen molar-refractivity contribution in [3.63, 3.8) is 0 Å². The average molecular weight is 546 g/mol. The number of halogens is 2. The lowest BCUT2D eigenvalue weighted by Crippen LogP contribution is -2.37. The van der Waals surface area contributed by atoms with Gasteiger partial charge in [0, 0.05) is 45.5 Å². The van der Waals surface area contributed by atoms with Gasteiger partial charge in [-0.15, -0.1) is 0 Å². The maximum Gasteiger partial charge on any atom is 0.336 e. The van der Waals surface area contributed by atoms with Crippen molar-refractivity contribution in [3.05, 3.63) is 92.2 Å². The van der Waals surface area contributed by atoms with Crippen molar-refractivity contribution in [1.82, 2.24) is 10.2 Å². The fourth-order valence-electron chi connectivity index (χ4n) is 4.79. The third kappa shape index (κ3) is 6.95. The third-order valence-corrected chi connectivity index (χ3v) is 6.92. The highest BCUT2D eigenvalue weighted by atomic mass is 35.5. The van der Waals surface area contributed by atoms with E-state index in [2.05, 4.69) is 36.2 Å². The third-order valence-electron chi connectivity index (χ3n) is 6.26. The predicted octanol–water partition coefficient (Wildman–Crippen LogP) is 6.10. The SMILES string of the molecule is COC(=O)C1=C(C)NC(C)=C(C(=O)OCC(C)(C)CN(C)Cc2ccccc2)C1c1c(Cl)cccc1Cl. The van der Waals surface area contributed by atoms with E-state index < -0.39 is 17.9 Å². The van der Waals surface area contributed by atoms with Crippen molar-refractivity contribution < 1.29 is 19.1 Å². The van der Waals surface area contributed by atoms with Gasteiger partial charge < -0.3 is 19.7 Å². The van der Waals surface area contributed by atoms with Crippen LogP contribution >= 0.6 is 23.2 Å². The number of nitrogens with zero attached hydrogens (tertiary/aromatic N) is 1. The Hall–Kier alpha value is -2.80. The Labute approximate surface area is 229 Å². The van der Waals surface area contributed by atoms with E-state index in [1.807, 2.05) is 25.2 Å². The zero-order valence-electron chi connectivity index (χ0n) is 22.2. The summed E-state index contributed by atoms with van der Waals surface area (Å²) in [6.07, 6.45) is 0. The molecule has 0 saturated heterocycles. The molecule has 0 bridgehead atoms. The van der Waals surface area contributed by atoms with Crippen LogP contribution in [0.25, 0.3) is 0 Å². The monoisotopic (exact) mass is 544 g/mol. The van der Waals surface area contributed by atoms with E-state index in [4.69, 9.17) is 32.7 Å². The Balaban J connectivity index is 1.85. The standard InChI is InChI=1S/C29H34Cl2N2O4/c1-18-23(27(34)36-6)26(25-21(30)13-10-14-22(25)31)24(19(2)32-18)28(35)37-17-29(3,4)16-33(5)15-20-11-8-7-9-12-20/h7-14,26,32H,15-17H2,1-6H3. The van der Waals surface area contributed by atoms with E-state index in [1.165, 1.54) is 12.7 Å². The molecule has 0 aliphatic carbocycles. The number of dihydropyridines is 1. The lowest BCUT2D eigenvalue weighted by molar-refractivity contribution is -0.142.